The maximum absolute atomic E-state index is 12.6. The van der Waals surface area contributed by atoms with Gasteiger partial charge < -0.3 is 9.26 Å². The minimum absolute atomic E-state index is 0.0310. The predicted molar refractivity (Wildman–Crippen MR) is 110 cm³/mol. The number of sulfonamides is 1. The number of nitrogens with zero attached hydrogens (tertiary/aromatic N) is 3. The van der Waals surface area contributed by atoms with E-state index in [0.717, 1.165) is 0 Å². The Morgan fingerprint density at radius 2 is 1.83 bits per heavy atom. The fourth-order valence-electron chi connectivity index (χ4n) is 2.74. The number of aromatic nitrogens is 2. The number of hydrogen-bond acceptors (Lipinski definition) is 7. The average Bonchev–Trinajstić information content (AvgIpc) is 3.22. The largest absolute Gasteiger partial charge is 0.452 e. The third-order valence-corrected chi connectivity index (χ3v) is 6.61. The van der Waals surface area contributed by atoms with Gasteiger partial charge >= 0.3 is 5.97 Å². The Bertz CT molecular complexity index is 1130. The van der Waals surface area contributed by atoms with E-state index in [9.17, 15) is 13.2 Å². The molecular formula is C20H20ClN3O5S. The second-order valence-corrected chi connectivity index (χ2v) is 8.59. The molecule has 0 N–H and O–H groups in total. The molecule has 1 aromatic heterocycles. The topological polar surface area (TPSA) is 103 Å². The lowest BCUT2D eigenvalue weighted by atomic mass is 10.2. The summed E-state index contributed by atoms with van der Waals surface area (Å²) in [6.07, 6.45) is 0. The van der Waals surface area contributed by atoms with Gasteiger partial charge in [-0.2, -0.15) is 9.29 Å². The van der Waals surface area contributed by atoms with Gasteiger partial charge in [-0.25, -0.2) is 13.2 Å². The molecule has 0 aliphatic carbocycles. The highest BCUT2D eigenvalue weighted by molar-refractivity contribution is 7.89. The zero-order chi connectivity index (χ0) is 21.7. The van der Waals surface area contributed by atoms with Crippen LogP contribution >= 0.6 is 11.6 Å². The van der Waals surface area contributed by atoms with Gasteiger partial charge in [-0.05, 0) is 42.5 Å². The molecule has 0 bridgehead atoms. The van der Waals surface area contributed by atoms with E-state index in [1.165, 1.54) is 28.6 Å². The van der Waals surface area contributed by atoms with E-state index in [1.54, 1.807) is 38.1 Å². The molecule has 10 heteroatoms. The van der Waals surface area contributed by atoms with Crippen LogP contribution in [0.5, 0.6) is 0 Å². The van der Waals surface area contributed by atoms with Crippen LogP contribution in [0.3, 0.4) is 0 Å². The number of esters is 1. The Kier molecular flexibility index (Phi) is 6.86. The minimum atomic E-state index is -3.68. The summed E-state index contributed by atoms with van der Waals surface area (Å²) in [4.78, 5) is 16.6. The normalized spacial score (nSPS) is 11.6. The van der Waals surface area contributed by atoms with Crippen LogP contribution in [0.15, 0.2) is 57.9 Å². The first-order valence-electron chi connectivity index (χ1n) is 9.21. The molecule has 1 heterocycles. The first-order chi connectivity index (χ1) is 14.3. The van der Waals surface area contributed by atoms with Crippen LogP contribution in [0.2, 0.25) is 5.02 Å². The standard InChI is InChI=1S/C20H20ClN3O5S/c1-3-24(4-2)30(26,27)17-7-5-6-15(12-17)20(25)28-13-18-22-19(23-29-18)14-8-10-16(21)11-9-14/h5-12H,3-4,13H2,1-2H3. The average molecular weight is 450 g/mol. The van der Waals surface area contributed by atoms with Crippen LogP contribution in [-0.4, -0.2) is 41.9 Å². The zero-order valence-corrected chi connectivity index (χ0v) is 18.0. The fraction of sp³-hybridized carbons (Fsp3) is 0.250. The van der Waals surface area contributed by atoms with E-state index >= 15 is 0 Å². The van der Waals surface area contributed by atoms with Crippen LogP contribution in [0.1, 0.15) is 30.1 Å². The van der Waals surface area contributed by atoms with E-state index in [0.29, 0.717) is 29.5 Å². The summed E-state index contributed by atoms with van der Waals surface area (Å²) in [5.41, 5.74) is 0.815. The van der Waals surface area contributed by atoms with Crippen LogP contribution in [-0.2, 0) is 21.4 Å². The van der Waals surface area contributed by atoms with Crippen molar-refractivity contribution in [1.29, 1.82) is 0 Å². The third-order valence-electron chi connectivity index (χ3n) is 4.31. The van der Waals surface area contributed by atoms with Crippen LogP contribution in [0.4, 0.5) is 0 Å². The monoisotopic (exact) mass is 449 g/mol. The fourth-order valence-corrected chi connectivity index (χ4v) is 4.37. The molecule has 30 heavy (non-hydrogen) atoms. The Hall–Kier alpha value is -2.75. The molecule has 8 nitrogen and oxygen atoms in total. The molecule has 0 spiro atoms. The first-order valence-corrected chi connectivity index (χ1v) is 11.0. The Morgan fingerprint density at radius 1 is 1.13 bits per heavy atom. The predicted octanol–water partition coefficient (Wildman–Crippen LogP) is 3.78. The molecule has 0 saturated carbocycles. The SMILES string of the molecule is CCN(CC)S(=O)(=O)c1cccc(C(=O)OCc2nc(-c3ccc(Cl)cc3)no2)c1. The van der Waals surface area contributed by atoms with Gasteiger partial charge in [-0.1, -0.05) is 36.7 Å². The van der Waals surface area contributed by atoms with E-state index < -0.39 is 16.0 Å². The third kappa shape index (κ3) is 4.86. The van der Waals surface area contributed by atoms with Crippen LogP contribution in [0, 0.1) is 0 Å². The van der Waals surface area contributed by atoms with E-state index in [1.807, 2.05) is 0 Å². The quantitative estimate of drug-likeness (QED) is 0.482. The van der Waals surface area contributed by atoms with Gasteiger partial charge in [-0.3, -0.25) is 0 Å². The van der Waals surface area contributed by atoms with Crippen molar-refractivity contribution >= 4 is 27.6 Å². The summed E-state index contributed by atoms with van der Waals surface area (Å²) in [7, 11) is -3.68. The lowest BCUT2D eigenvalue weighted by molar-refractivity contribution is 0.0429. The van der Waals surface area contributed by atoms with Crippen molar-refractivity contribution in [2.45, 2.75) is 25.3 Å². The maximum atomic E-state index is 12.6. The van der Waals surface area contributed by atoms with Crippen molar-refractivity contribution in [3.05, 3.63) is 65.0 Å². The number of halogens is 1. The summed E-state index contributed by atoms with van der Waals surface area (Å²) in [6.45, 7) is 3.93. The summed E-state index contributed by atoms with van der Waals surface area (Å²) in [6, 6.07) is 12.6. The molecule has 0 amide bonds. The number of hydrogen-bond donors (Lipinski definition) is 0. The highest BCUT2D eigenvalue weighted by atomic mass is 35.5. The number of benzene rings is 2. The van der Waals surface area contributed by atoms with Crippen molar-refractivity contribution in [3.8, 4) is 11.4 Å². The van der Waals surface area contributed by atoms with Crippen LogP contribution < -0.4 is 0 Å². The van der Waals surface area contributed by atoms with Gasteiger partial charge in [0.2, 0.25) is 15.8 Å². The molecule has 0 fully saturated rings. The lowest BCUT2D eigenvalue weighted by Gasteiger charge is -2.18. The molecule has 0 saturated heterocycles. The van der Waals surface area contributed by atoms with E-state index in [4.69, 9.17) is 20.9 Å². The molecule has 0 atom stereocenters. The molecule has 2 aromatic carbocycles. The van der Waals surface area contributed by atoms with Crippen molar-refractivity contribution in [3.63, 3.8) is 0 Å². The van der Waals surface area contributed by atoms with Gasteiger partial charge in [0.25, 0.3) is 5.89 Å². The number of carbonyl (C=O) groups excluding carboxylic acids is 1. The second kappa shape index (κ2) is 9.38. The number of rotatable bonds is 8. The molecule has 158 valence electrons. The Morgan fingerprint density at radius 3 is 2.50 bits per heavy atom. The minimum Gasteiger partial charge on any atom is -0.452 e. The zero-order valence-electron chi connectivity index (χ0n) is 16.4. The highest BCUT2D eigenvalue weighted by Crippen LogP contribution is 2.20. The van der Waals surface area contributed by atoms with Crippen LogP contribution in [0.25, 0.3) is 11.4 Å². The lowest BCUT2D eigenvalue weighted by Crippen LogP contribution is -2.30. The number of carbonyl (C=O) groups is 1. The maximum Gasteiger partial charge on any atom is 0.338 e. The second-order valence-electron chi connectivity index (χ2n) is 6.21. The summed E-state index contributed by atoms with van der Waals surface area (Å²) in [5.74, 6) is -0.247. The van der Waals surface area contributed by atoms with Gasteiger partial charge in [0.15, 0.2) is 6.61 Å². The molecule has 3 rings (SSSR count). The molecule has 0 aliphatic heterocycles. The summed E-state index contributed by atoms with van der Waals surface area (Å²) >= 11 is 5.86. The highest BCUT2D eigenvalue weighted by Gasteiger charge is 2.23. The smallest absolute Gasteiger partial charge is 0.338 e. The van der Waals surface area contributed by atoms with Crippen molar-refractivity contribution in [2.75, 3.05) is 13.1 Å². The van der Waals surface area contributed by atoms with Crippen molar-refractivity contribution < 1.29 is 22.5 Å². The molecule has 3 aromatic rings. The van der Waals surface area contributed by atoms with Crippen molar-refractivity contribution in [1.82, 2.24) is 14.4 Å². The van der Waals surface area contributed by atoms with Crippen molar-refractivity contribution in [2.24, 2.45) is 0 Å². The molecule has 0 unspecified atom stereocenters. The van der Waals surface area contributed by atoms with Gasteiger partial charge in [0, 0.05) is 23.7 Å². The van der Waals surface area contributed by atoms with E-state index in [-0.39, 0.29) is 23.0 Å². The van der Waals surface area contributed by atoms with Gasteiger partial charge in [0.1, 0.15) is 0 Å². The first kappa shape index (κ1) is 21.9. The summed E-state index contributed by atoms with van der Waals surface area (Å²) in [5, 5.41) is 4.43. The van der Waals surface area contributed by atoms with E-state index in [2.05, 4.69) is 10.1 Å². The molecule has 0 aliphatic rings. The summed E-state index contributed by atoms with van der Waals surface area (Å²) < 4.78 is 36.9. The van der Waals surface area contributed by atoms with Gasteiger partial charge in [0.05, 0.1) is 10.5 Å². The molecular weight excluding hydrogens is 430 g/mol. The molecule has 0 radical (unpaired) electrons. The Balaban J connectivity index is 1.69. The van der Waals surface area contributed by atoms with Gasteiger partial charge in [-0.15, -0.1) is 0 Å². The number of ether oxygens (including phenoxy) is 1. The Labute approximate surface area is 179 Å².